The van der Waals surface area contributed by atoms with E-state index in [-0.39, 0.29) is 0 Å². The molecule has 4 N–H and O–H groups in total. The van der Waals surface area contributed by atoms with Crippen molar-refractivity contribution in [2.75, 3.05) is 12.8 Å². The minimum Gasteiger partial charge on any atom is -0.496 e. The quantitative estimate of drug-likeness (QED) is 0.689. The predicted octanol–water partition coefficient (Wildman–Crippen LogP) is 2.67. The van der Waals surface area contributed by atoms with Gasteiger partial charge in [-0.05, 0) is 31.0 Å². The van der Waals surface area contributed by atoms with Gasteiger partial charge in [-0.25, -0.2) is 0 Å². The SMILES string of the molecule is COc1cc(-c2c(N)n[nH]c2-c2cn[nH]c2C)ccc1C. The van der Waals surface area contributed by atoms with Crippen LogP contribution in [0.5, 0.6) is 5.75 Å². The van der Waals surface area contributed by atoms with E-state index in [0.29, 0.717) is 5.82 Å². The molecule has 2 heterocycles. The molecule has 0 radical (unpaired) electrons. The monoisotopic (exact) mass is 283 g/mol. The Morgan fingerprint density at radius 3 is 2.67 bits per heavy atom. The van der Waals surface area contributed by atoms with Crippen molar-refractivity contribution in [3.63, 3.8) is 0 Å². The van der Waals surface area contributed by atoms with E-state index in [0.717, 1.165) is 39.4 Å². The summed E-state index contributed by atoms with van der Waals surface area (Å²) < 4.78 is 5.39. The Hall–Kier alpha value is -2.76. The van der Waals surface area contributed by atoms with Gasteiger partial charge in [0.2, 0.25) is 0 Å². The third kappa shape index (κ3) is 2.14. The second-order valence-corrected chi connectivity index (χ2v) is 4.95. The second-order valence-electron chi connectivity index (χ2n) is 4.95. The number of ether oxygens (including phenoxy) is 1. The molecule has 108 valence electrons. The number of nitrogens with zero attached hydrogens (tertiary/aromatic N) is 2. The van der Waals surface area contributed by atoms with E-state index in [2.05, 4.69) is 20.4 Å². The Bertz CT molecular complexity index is 787. The summed E-state index contributed by atoms with van der Waals surface area (Å²) in [5.41, 5.74) is 11.7. The van der Waals surface area contributed by atoms with Crippen molar-refractivity contribution in [1.82, 2.24) is 20.4 Å². The average Bonchev–Trinajstić information content (AvgIpc) is 3.05. The highest BCUT2D eigenvalue weighted by molar-refractivity contribution is 5.88. The smallest absolute Gasteiger partial charge is 0.153 e. The van der Waals surface area contributed by atoms with Crippen molar-refractivity contribution < 1.29 is 4.74 Å². The lowest BCUT2D eigenvalue weighted by Gasteiger charge is -2.09. The predicted molar refractivity (Wildman–Crippen MR) is 82.0 cm³/mol. The molecule has 0 aliphatic rings. The maximum Gasteiger partial charge on any atom is 0.153 e. The summed E-state index contributed by atoms with van der Waals surface area (Å²) >= 11 is 0. The molecular formula is C15H17N5O. The first-order valence-electron chi connectivity index (χ1n) is 6.61. The van der Waals surface area contributed by atoms with Gasteiger partial charge < -0.3 is 10.5 Å². The largest absolute Gasteiger partial charge is 0.496 e. The van der Waals surface area contributed by atoms with Crippen LogP contribution in [-0.2, 0) is 0 Å². The molecule has 1 aromatic carbocycles. The molecule has 0 atom stereocenters. The molecule has 0 fully saturated rings. The third-order valence-electron chi connectivity index (χ3n) is 3.59. The van der Waals surface area contributed by atoms with Crippen LogP contribution in [0.15, 0.2) is 24.4 Å². The Labute approximate surface area is 122 Å². The van der Waals surface area contributed by atoms with Crippen LogP contribution >= 0.6 is 0 Å². The molecule has 6 nitrogen and oxygen atoms in total. The molecule has 0 aliphatic heterocycles. The van der Waals surface area contributed by atoms with Crippen molar-refractivity contribution in [2.45, 2.75) is 13.8 Å². The lowest BCUT2D eigenvalue weighted by molar-refractivity contribution is 0.412. The minimum atomic E-state index is 0.455. The molecule has 2 aromatic heterocycles. The summed E-state index contributed by atoms with van der Waals surface area (Å²) in [4.78, 5) is 0. The Morgan fingerprint density at radius 1 is 1.19 bits per heavy atom. The summed E-state index contributed by atoms with van der Waals surface area (Å²) in [5, 5.41) is 14.1. The molecule has 3 rings (SSSR count). The van der Waals surface area contributed by atoms with Crippen molar-refractivity contribution in [3.05, 3.63) is 35.7 Å². The zero-order valence-corrected chi connectivity index (χ0v) is 12.2. The Kier molecular flexibility index (Phi) is 3.13. The number of aromatic amines is 2. The normalized spacial score (nSPS) is 10.8. The number of H-pyrrole nitrogens is 2. The summed E-state index contributed by atoms with van der Waals surface area (Å²) in [5.74, 6) is 1.28. The summed E-state index contributed by atoms with van der Waals surface area (Å²) in [6.07, 6.45) is 1.76. The lowest BCUT2D eigenvalue weighted by atomic mass is 10.00. The number of hydrogen-bond donors (Lipinski definition) is 3. The highest BCUT2D eigenvalue weighted by Crippen LogP contribution is 2.37. The number of methoxy groups -OCH3 is 1. The highest BCUT2D eigenvalue weighted by atomic mass is 16.5. The number of rotatable bonds is 3. The number of benzene rings is 1. The maximum atomic E-state index is 6.05. The summed E-state index contributed by atoms with van der Waals surface area (Å²) in [7, 11) is 1.66. The number of anilines is 1. The van der Waals surface area contributed by atoms with Crippen molar-refractivity contribution >= 4 is 5.82 Å². The van der Waals surface area contributed by atoms with Gasteiger partial charge in [-0.1, -0.05) is 12.1 Å². The lowest BCUT2D eigenvalue weighted by Crippen LogP contribution is -1.92. The van der Waals surface area contributed by atoms with Gasteiger partial charge in [0.15, 0.2) is 5.82 Å². The first kappa shape index (κ1) is 13.2. The van der Waals surface area contributed by atoms with E-state index in [1.165, 1.54) is 0 Å². The average molecular weight is 283 g/mol. The first-order chi connectivity index (χ1) is 10.1. The van der Waals surface area contributed by atoms with E-state index in [9.17, 15) is 0 Å². The fraction of sp³-hybridized carbons (Fsp3) is 0.200. The molecule has 0 bridgehead atoms. The van der Waals surface area contributed by atoms with Gasteiger partial charge in [0, 0.05) is 11.3 Å². The van der Waals surface area contributed by atoms with E-state index in [4.69, 9.17) is 10.5 Å². The van der Waals surface area contributed by atoms with Crippen LogP contribution in [0.1, 0.15) is 11.3 Å². The fourth-order valence-electron chi connectivity index (χ4n) is 2.42. The van der Waals surface area contributed by atoms with Crippen LogP contribution in [0, 0.1) is 13.8 Å². The Morgan fingerprint density at radius 2 is 2.00 bits per heavy atom. The molecule has 0 saturated carbocycles. The van der Waals surface area contributed by atoms with Crippen LogP contribution in [0.2, 0.25) is 0 Å². The van der Waals surface area contributed by atoms with Gasteiger partial charge in [-0.15, -0.1) is 0 Å². The second kappa shape index (κ2) is 4.97. The molecule has 0 unspecified atom stereocenters. The minimum absolute atomic E-state index is 0.455. The van der Waals surface area contributed by atoms with E-state index in [1.54, 1.807) is 13.3 Å². The molecular weight excluding hydrogens is 266 g/mol. The number of aryl methyl sites for hydroxylation is 2. The summed E-state index contributed by atoms with van der Waals surface area (Å²) in [6, 6.07) is 5.99. The van der Waals surface area contributed by atoms with Crippen LogP contribution in [0.3, 0.4) is 0 Å². The van der Waals surface area contributed by atoms with Crippen molar-refractivity contribution in [1.29, 1.82) is 0 Å². The zero-order chi connectivity index (χ0) is 15.0. The van der Waals surface area contributed by atoms with Crippen LogP contribution in [0.25, 0.3) is 22.4 Å². The molecule has 6 heteroatoms. The van der Waals surface area contributed by atoms with Gasteiger partial charge in [0.1, 0.15) is 5.75 Å². The van der Waals surface area contributed by atoms with Crippen LogP contribution in [0.4, 0.5) is 5.82 Å². The first-order valence-corrected chi connectivity index (χ1v) is 6.61. The van der Waals surface area contributed by atoms with Crippen molar-refractivity contribution in [3.8, 4) is 28.1 Å². The molecule has 3 aromatic rings. The van der Waals surface area contributed by atoms with Crippen LogP contribution in [-0.4, -0.2) is 27.5 Å². The third-order valence-corrected chi connectivity index (χ3v) is 3.59. The standard InChI is InChI=1S/C15H17N5O/c1-8-4-5-10(6-12(8)21-3)13-14(19-20-15(13)16)11-7-17-18-9(11)2/h4-7H,1-3H3,(H,17,18)(H3,16,19,20). The van der Waals surface area contributed by atoms with Gasteiger partial charge in [-0.3, -0.25) is 10.2 Å². The molecule has 0 spiro atoms. The van der Waals surface area contributed by atoms with Gasteiger partial charge in [-0.2, -0.15) is 10.2 Å². The number of nitrogens with two attached hydrogens (primary N) is 1. The number of hydrogen-bond acceptors (Lipinski definition) is 4. The number of nitrogens with one attached hydrogen (secondary N) is 2. The summed E-state index contributed by atoms with van der Waals surface area (Å²) in [6.45, 7) is 3.96. The van der Waals surface area contributed by atoms with Gasteiger partial charge in [0.05, 0.1) is 24.6 Å². The Balaban J connectivity index is 2.19. The zero-order valence-electron chi connectivity index (χ0n) is 12.2. The van der Waals surface area contributed by atoms with E-state index < -0.39 is 0 Å². The number of aromatic nitrogens is 4. The van der Waals surface area contributed by atoms with Crippen molar-refractivity contribution in [2.24, 2.45) is 0 Å². The van der Waals surface area contributed by atoms with Crippen LogP contribution < -0.4 is 10.5 Å². The highest BCUT2D eigenvalue weighted by Gasteiger charge is 2.18. The maximum absolute atomic E-state index is 6.05. The molecule has 0 amide bonds. The molecule has 0 saturated heterocycles. The van der Waals surface area contributed by atoms with E-state index >= 15 is 0 Å². The number of nitrogen functional groups attached to an aromatic ring is 1. The molecule has 0 aliphatic carbocycles. The fourth-order valence-corrected chi connectivity index (χ4v) is 2.42. The van der Waals surface area contributed by atoms with E-state index in [1.807, 2.05) is 32.0 Å². The van der Waals surface area contributed by atoms with Gasteiger partial charge >= 0.3 is 0 Å². The topological polar surface area (TPSA) is 92.6 Å². The molecule has 21 heavy (non-hydrogen) atoms. The van der Waals surface area contributed by atoms with Gasteiger partial charge in [0.25, 0.3) is 0 Å².